The summed E-state index contributed by atoms with van der Waals surface area (Å²) in [5, 5.41) is 11.6. The highest BCUT2D eigenvalue weighted by Crippen LogP contribution is 2.21. The number of carbonyl (C=O) groups excluding carboxylic acids is 2. The lowest BCUT2D eigenvalue weighted by Crippen LogP contribution is -2.59. The summed E-state index contributed by atoms with van der Waals surface area (Å²) in [5.74, 6) is -1.96. The first-order valence-electron chi connectivity index (χ1n) is 5.10. The Hall–Kier alpha value is -1.59. The van der Waals surface area contributed by atoms with E-state index in [1.165, 1.54) is 18.7 Å². The summed E-state index contributed by atoms with van der Waals surface area (Å²) in [5.41, 5.74) is -1.49. The second-order valence-corrected chi connectivity index (χ2v) is 4.40. The van der Waals surface area contributed by atoms with Crippen LogP contribution < -0.4 is 5.32 Å². The topological polar surface area (TPSA) is 86.7 Å². The van der Waals surface area contributed by atoms with Crippen molar-refractivity contribution in [1.82, 2.24) is 10.2 Å². The number of hydrogen-bond acceptors (Lipinski definition) is 3. The highest BCUT2D eigenvalue weighted by Gasteiger charge is 2.42. The molecule has 2 amide bonds. The van der Waals surface area contributed by atoms with Crippen molar-refractivity contribution < 1.29 is 19.5 Å². The lowest BCUT2D eigenvalue weighted by molar-refractivity contribution is -0.161. The average Bonchev–Trinajstić information content (AvgIpc) is 2.21. The Morgan fingerprint density at radius 2 is 2.06 bits per heavy atom. The van der Waals surface area contributed by atoms with Crippen LogP contribution in [0.3, 0.4) is 0 Å². The zero-order valence-electron chi connectivity index (χ0n) is 9.61. The average molecular weight is 228 g/mol. The summed E-state index contributed by atoms with van der Waals surface area (Å²) in [7, 11) is 0. The van der Waals surface area contributed by atoms with Crippen molar-refractivity contribution in [2.75, 3.05) is 13.1 Å². The van der Waals surface area contributed by atoms with E-state index in [2.05, 4.69) is 5.32 Å². The fourth-order valence-corrected chi connectivity index (χ4v) is 1.51. The zero-order valence-corrected chi connectivity index (χ0v) is 9.61. The maximum absolute atomic E-state index is 12.0. The molecule has 0 spiro atoms. The number of piperazine rings is 1. The Morgan fingerprint density at radius 3 is 2.56 bits per heavy atom. The van der Waals surface area contributed by atoms with E-state index in [4.69, 9.17) is 5.11 Å². The van der Waals surface area contributed by atoms with E-state index < -0.39 is 23.3 Å². The Balaban J connectivity index is 2.89. The molecule has 1 saturated heterocycles. The highest BCUT2D eigenvalue weighted by atomic mass is 16.4. The van der Waals surface area contributed by atoms with Gasteiger partial charge in [-0.25, -0.2) is 0 Å². The molecule has 1 heterocycles. The second kappa shape index (κ2) is 4.11. The number of nitrogens with zero attached hydrogens (tertiary/aromatic N) is 1. The largest absolute Gasteiger partial charge is 0.480 e. The van der Waals surface area contributed by atoms with Crippen LogP contribution in [0.15, 0.2) is 0 Å². The molecule has 1 fully saturated rings. The van der Waals surface area contributed by atoms with Gasteiger partial charge in [-0.1, -0.05) is 0 Å². The quantitative estimate of drug-likeness (QED) is 0.620. The molecular weight excluding hydrogens is 212 g/mol. The summed E-state index contributed by atoms with van der Waals surface area (Å²) >= 11 is 0. The van der Waals surface area contributed by atoms with Gasteiger partial charge in [-0.15, -0.1) is 0 Å². The number of amides is 2. The highest BCUT2D eigenvalue weighted by molar-refractivity contribution is 6.02. The van der Waals surface area contributed by atoms with Crippen LogP contribution in [0.25, 0.3) is 0 Å². The fourth-order valence-electron chi connectivity index (χ4n) is 1.51. The number of rotatable bonds is 2. The molecule has 0 aromatic carbocycles. The van der Waals surface area contributed by atoms with Gasteiger partial charge in [0, 0.05) is 13.1 Å². The van der Waals surface area contributed by atoms with Crippen molar-refractivity contribution in [3.05, 3.63) is 0 Å². The van der Waals surface area contributed by atoms with Crippen LogP contribution in [0.1, 0.15) is 20.8 Å². The summed E-state index contributed by atoms with van der Waals surface area (Å²) in [4.78, 5) is 35.6. The number of hydrogen-bond donors (Lipinski definition) is 2. The van der Waals surface area contributed by atoms with E-state index in [1.807, 2.05) is 0 Å². The molecule has 0 aliphatic carbocycles. The summed E-state index contributed by atoms with van der Waals surface area (Å²) < 4.78 is 0. The molecule has 6 heteroatoms. The lowest BCUT2D eigenvalue weighted by Gasteiger charge is -2.36. The van der Waals surface area contributed by atoms with Crippen LogP contribution in [-0.4, -0.2) is 46.9 Å². The number of nitrogens with one attached hydrogen (secondary N) is 1. The van der Waals surface area contributed by atoms with Gasteiger partial charge < -0.3 is 15.3 Å². The van der Waals surface area contributed by atoms with Crippen molar-refractivity contribution >= 4 is 17.8 Å². The van der Waals surface area contributed by atoms with Gasteiger partial charge in [0.2, 0.25) is 11.8 Å². The SMILES string of the molecule is CC1C(=O)NCCN1C(=O)C(C)(C)C(=O)O. The molecular formula is C10H16N2O4. The third kappa shape index (κ3) is 2.00. The first-order chi connectivity index (χ1) is 7.28. The summed E-state index contributed by atoms with van der Waals surface area (Å²) in [6.07, 6.45) is 0. The van der Waals surface area contributed by atoms with Crippen molar-refractivity contribution in [3.63, 3.8) is 0 Å². The Kier molecular flexibility index (Phi) is 3.21. The van der Waals surface area contributed by atoms with Crippen molar-refractivity contribution in [1.29, 1.82) is 0 Å². The first-order valence-corrected chi connectivity index (χ1v) is 5.10. The Bertz CT molecular complexity index is 338. The van der Waals surface area contributed by atoms with Gasteiger partial charge in [0.25, 0.3) is 0 Å². The molecule has 1 atom stereocenters. The number of carbonyl (C=O) groups is 3. The van der Waals surface area contributed by atoms with E-state index >= 15 is 0 Å². The van der Waals surface area contributed by atoms with E-state index in [-0.39, 0.29) is 5.91 Å². The molecule has 1 rings (SSSR count). The Morgan fingerprint density at radius 1 is 1.50 bits per heavy atom. The first kappa shape index (κ1) is 12.5. The summed E-state index contributed by atoms with van der Waals surface area (Å²) in [6, 6.07) is -0.611. The second-order valence-electron chi connectivity index (χ2n) is 4.40. The molecule has 6 nitrogen and oxygen atoms in total. The third-order valence-corrected chi connectivity index (χ3v) is 2.83. The van der Waals surface area contributed by atoms with Crippen molar-refractivity contribution in [2.45, 2.75) is 26.8 Å². The molecule has 90 valence electrons. The van der Waals surface area contributed by atoms with E-state index in [1.54, 1.807) is 6.92 Å². The van der Waals surface area contributed by atoms with Crippen molar-refractivity contribution in [2.24, 2.45) is 5.41 Å². The third-order valence-electron chi connectivity index (χ3n) is 2.83. The standard InChI is InChI=1S/C10H16N2O4/c1-6-7(13)11-4-5-12(6)8(14)10(2,3)9(15)16/h6H,4-5H2,1-3H3,(H,11,13)(H,15,16). The smallest absolute Gasteiger partial charge is 0.318 e. The van der Waals surface area contributed by atoms with Crippen LogP contribution in [0.4, 0.5) is 0 Å². The maximum atomic E-state index is 12.0. The fraction of sp³-hybridized carbons (Fsp3) is 0.700. The van der Waals surface area contributed by atoms with Crippen LogP contribution >= 0.6 is 0 Å². The normalized spacial score (nSPS) is 21.6. The van der Waals surface area contributed by atoms with Gasteiger partial charge in [0.15, 0.2) is 0 Å². The number of aliphatic carboxylic acids is 1. The molecule has 16 heavy (non-hydrogen) atoms. The van der Waals surface area contributed by atoms with E-state index in [0.717, 1.165) is 0 Å². The van der Waals surface area contributed by atoms with E-state index in [9.17, 15) is 14.4 Å². The molecule has 1 aliphatic rings. The van der Waals surface area contributed by atoms with Crippen molar-refractivity contribution in [3.8, 4) is 0 Å². The maximum Gasteiger partial charge on any atom is 0.318 e. The molecule has 0 saturated carbocycles. The van der Waals surface area contributed by atoms with Gasteiger partial charge in [-0.3, -0.25) is 14.4 Å². The van der Waals surface area contributed by atoms with Gasteiger partial charge in [-0.2, -0.15) is 0 Å². The molecule has 1 unspecified atom stereocenters. The van der Waals surface area contributed by atoms with Gasteiger partial charge in [0.1, 0.15) is 11.5 Å². The molecule has 2 N–H and O–H groups in total. The lowest BCUT2D eigenvalue weighted by atomic mass is 9.91. The Labute approximate surface area is 93.6 Å². The monoisotopic (exact) mass is 228 g/mol. The molecule has 0 aromatic heterocycles. The predicted octanol–water partition coefficient (Wildman–Crippen LogP) is -0.556. The minimum atomic E-state index is -1.49. The van der Waals surface area contributed by atoms with Crippen LogP contribution in [0.5, 0.6) is 0 Å². The minimum absolute atomic E-state index is 0.249. The van der Waals surface area contributed by atoms with Gasteiger partial charge >= 0.3 is 5.97 Å². The molecule has 1 aliphatic heterocycles. The van der Waals surface area contributed by atoms with Gasteiger partial charge in [-0.05, 0) is 20.8 Å². The van der Waals surface area contributed by atoms with Crippen LogP contribution in [0, 0.1) is 5.41 Å². The van der Waals surface area contributed by atoms with Gasteiger partial charge in [0.05, 0.1) is 0 Å². The number of carboxylic acids is 1. The zero-order chi connectivity index (χ0) is 12.5. The minimum Gasteiger partial charge on any atom is -0.480 e. The van der Waals surface area contributed by atoms with Crippen LogP contribution in [0.2, 0.25) is 0 Å². The summed E-state index contributed by atoms with van der Waals surface area (Å²) in [6.45, 7) is 4.99. The molecule has 0 radical (unpaired) electrons. The molecule has 0 bridgehead atoms. The van der Waals surface area contributed by atoms with E-state index in [0.29, 0.717) is 13.1 Å². The van der Waals surface area contributed by atoms with Crippen LogP contribution in [-0.2, 0) is 14.4 Å². The number of carboxylic acid groups (broad SMARTS) is 1. The predicted molar refractivity (Wildman–Crippen MR) is 55.6 cm³/mol. The molecule has 0 aromatic rings.